The molecular weight excluding hydrogens is 392 g/mol. The van der Waals surface area contributed by atoms with E-state index in [4.69, 9.17) is 9.47 Å². The SMILES string of the molecule is COc1ccc(S(=O)(=O)N2C[C@@H](C(=O)NC3CCCC3)Oc3ccccc32)cc1. The third kappa shape index (κ3) is 3.89. The molecule has 2 aromatic rings. The molecule has 8 heteroatoms. The van der Waals surface area contributed by atoms with Crippen molar-refractivity contribution >= 4 is 21.6 Å². The van der Waals surface area contributed by atoms with Crippen LogP contribution in [0.25, 0.3) is 0 Å². The first-order valence-corrected chi connectivity index (χ1v) is 11.2. The summed E-state index contributed by atoms with van der Waals surface area (Å²) in [5.41, 5.74) is 0.424. The second-order valence-electron chi connectivity index (χ2n) is 7.28. The minimum Gasteiger partial charge on any atom is -0.497 e. The highest BCUT2D eigenvalue weighted by molar-refractivity contribution is 7.92. The van der Waals surface area contributed by atoms with Crippen LogP contribution in [0.1, 0.15) is 25.7 Å². The van der Waals surface area contributed by atoms with Gasteiger partial charge >= 0.3 is 0 Å². The number of para-hydroxylation sites is 2. The zero-order valence-corrected chi connectivity index (χ0v) is 17.0. The third-order valence-corrected chi connectivity index (χ3v) is 7.17. The molecule has 1 amide bonds. The van der Waals surface area contributed by atoms with Crippen LogP contribution in [0.2, 0.25) is 0 Å². The highest BCUT2D eigenvalue weighted by Crippen LogP contribution is 2.37. The van der Waals surface area contributed by atoms with Crippen molar-refractivity contribution in [2.45, 2.75) is 42.7 Å². The molecule has 2 aliphatic rings. The van der Waals surface area contributed by atoms with Crippen molar-refractivity contribution < 1.29 is 22.7 Å². The number of amides is 1. The third-order valence-electron chi connectivity index (χ3n) is 5.38. The Morgan fingerprint density at radius 2 is 1.79 bits per heavy atom. The Morgan fingerprint density at radius 3 is 2.48 bits per heavy atom. The van der Waals surface area contributed by atoms with Gasteiger partial charge in [0, 0.05) is 6.04 Å². The van der Waals surface area contributed by atoms with Gasteiger partial charge < -0.3 is 14.8 Å². The highest BCUT2D eigenvalue weighted by Gasteiger charge is 2.38. The normalized spacial score (nSPS) is 19.3. The Balaban J connectivity index is 1.64. The fraction of sp³-hybridized carbons (Fsp3) is 0.381. The maximum Gasteiger partial charge on any atom is 0.264 e. The largest absolute Gasteiger partial charge is 0.497 e. The molecule has 0 radical (unpaired) electrons. The van der Waals surface area contributed by atoms with Gasteiger partial charge in [-0.2, -0.15) is 0 Å². The second-order valence-corrected chi connectivity index (χ2v) is 9.14. The number of ether oxygens (including phenoxy) is 2. The van der Waals surface area contributed by atoms with E-state index < -0.39 is 16.1 Å². The van der Waals surface area contributed by atoms with Crippen LogP contribution < -0.4 is 19.1 Å². The molecule has 0 aromatic heterocycles. The van der Waals surface area contributed by atoms with Gasteiger partial charge in [-0.15, -0.1) is 0 Å². The first-order valence-electron chi connectivity index (χ1n) is 9.72. The molecule has 1 N–H and O–H groups in total. The summed E-state index contributed by atoms with van der Waals surface area (Å²) in [5.74, 6) is 0.670. The molecule has 1 fully saturated rings. The molecule has 154 valence electrons. The number of nitrogens with one attached hydrogen (secondary N) is 1. The summed E-state index contributed by atoms with van der Waals surface area (Å²) in [5, 5.41) is 3.00. The molecule has 1 aliphatic carbocycles. The molecule has 1 heterocycles. The van der Waals surface area contributed by atoms with Crippen molar-refractivity contribution in [2.75, 3.05) is 18.0 Å². The van der Waals surface area contributed by atoms with E-state index in [0.29, 0.717) is 17.2 Å². The van der Waals surface area contributed by atoms with Crippen molar-refractivity contribution in [1.29, 1.82) is 0 Å². The maximum atomic E-state index is 13.4. The topological polar surface area (TPSA) is 84.9 Å². The Hall–Kier alpha value is -2.74. The Morgan fingerprint density at radius 1 is 1.10 bits per heavy atom. The number of hydrogen-bond acceptors (Lipinski definition) is 5. The lowest BCUT2D eigenvalue weighted by atomic mass is 10.2. The molecule has 4 rings (SSSR count). The van der Waals surface area contributed by atoms with E-state index >= 15 is 0 Å². The Labute approximate surface area is 170 Å². The standard InChI is InChI=1S/C21H24N2O5S/c1-27-16-10-12-17(13-11-16)29(25,26)23-14-20(21(24)22-15-6-2-3-7-15)28-19-9-5-4-8-18(19)23/h4-5,8-13,15,20H,2-3,6-7,14H2,1H3,(H,22,24)/t20-/m0/s1. The number of nitrogens with zero attached hydrogens (tertiary/aromatic N) is 1. The molecular formula is C21H24N2O5S. The number of carbonyl (C=O) groups excluding carboxylic acids is 1. The molecule has 1 saturated carbocycles. The van der Waals surface area contributed by atoms with Gasteiger partial charge in [0.05, 0.1) is 24.2 Å². The predicted octanol–water partition coefficient (Wildman–Crippen LogP) is 2.71. The van der Waals surface area contributed by atoms with Crippen molar-refractivity contribution in [3.8, 4) is 11.5 Å². The number of carbonyl (C=O) groups is 1. The van der Waals surface area contributed by atoms with Crippen molar-refractivity contribution in [2.24, 2.45) is 0 Å². The summed E-state index contributed by atoms with van der Waals surface area (Å²) >= 11 is 0. The molecule has 29 heavy (non-hydrogen) atoms. The summed E-state index contributed by atoms with van der Waals surface area (Å²) in [6.45, 7) is -0.0794. The number of fused-ring (bicyclic) bond motifs is 1. The number of sulfonamides is 1. The Bertz CT molecular complexity index is 984. The molecule has 0 spiro atoms. The predicted molar refractivity (Wildman–Crippen MR) is 109 cm³/mol. The van der Waals surface area contributed by atoms with E-state index in [0.717, 1.165) is 25.7 Å². The van der Waals surface area contributed by atoms with Crippen LogP contribution in [-0.4, -0.2) is 40.1 Å². The van der Waals surface area contributed by atoms with Crippen molar-refractivity contribution in [3.05, 3.63) is 48.5 Å². The molecule has 0 bridgehead atoms. The fourth-order valence-electron chi connectivity index (χ4n) is 3.81. The van der Waals surface area contributed by atoms with Gasteiger partial charge in [0.25, 0.3) is 15.9 Å². The minimum absolute atomic E-state index is 0.0794. The average Bonchev–Trinajstić information content (AvgIpc) is 3.26. The Kier molecular flexibility index (Phi) is 5.36. The van der Waals surface area contributed by atoms with E-state index in [9.17, 15) is 13.2 Å². The number of anilines is 1. The summed E-state index contributed by atoms with van der Waals surface area (Å²) in [7, 11) is -2.35. The van der Waals surface area contributed by atoms with Gasteiger partial charge in [0.1, 0.15) is 11.5 Å². The smallest absolute Gasteiger partial charge is 0.264 e. The van der Waals surface area contributed by atoms with Crippen LogP contribution in [0.5, 0.6) is 11.5 Å². The summed E-state index contributed by atoms with van der Waals surface area (Å²) in [6.07, 6.45) is 3.18. The highest BCUT2D eigenvalue weighted by atomic mass is 32.2. The summed E-state index contributed by atoms with van der Waals surface area (Å²) in [6, 6.07) is 13.2. The van der Waals surface area contributed by atoms with E-state index in [2.05, 4.69) is 5.32 Å². The zero-order chi connectivity index (χ0) is 20.4. The van der Waals surface area contributed by atoms with Crippen LogP contribution in [0, 0.1) is 0 Å². The number of hydrogen-bond donors (Lipinski definition) is 1. The minimum atomic E-state index is -3.88. The van der Waals surface area contributed by atoms with E-state index in [1.165, 1.54) is 23.5 Å². The number of benzene rings is 2. The van der Waals surface area contributed by atoms with E-state index in [1.807, 2.05) is 0 Å². The van der Waals surface area contributed by atoms with Crippen LogP contribution in [0.15, 0.2) is 53.4 Å². The van der Waals surface area contributed by atoms with Gasteiger partial charge in [-0.3, -0.25) is 9.10 Å². The molecule has 7 nitrogen and oxygen atoms in total. The lowest BCUT2D eigenvalue weighted by Crippen LogP contribution is -2.52. The quantitative estimate of drug-likeness (QED) is 0.810. The van der Waals surface area contributed by atoms with Gasteiger partial charge in [-0.1, -0.05) is 25.0 Å². The molecule has 1 aliphatic heterocycles. The molecule has 0 unspecified atom stereocenters. The number of rotatable bonds is 5. The first kappa shape index (κ1) is 19.6. The van der Waals surface area contributed by atoms with Crippen LogP contribution in [-0.2, 0) is 14.8 Å². The molecule has 1 atom stereocenters. The lowest BCUT2D eigenvalue weighted by Gasteiger charge is -2.35. The molecule has 2 aromatic carbocycles. The van der Waals surface area contributed by atoms with E-state index in [-0.39, 0.29) is 23.4 Å². The second kappa shape index (κ2) is 7.94. The van der Waals surface area contributed by atoms with Gasteiger partial charge in [0.2, 0.25) is 0 Å². The maximum absolute atomic E-state index is 13.4. The van der Waals surface area contributed by atoms with Crippen molar-refractivity contribution in [1.82, 2.24) is 5.32 Å². The van der Waals surface area contributed by atoms with Crippen molar-refractivity contribution in [3.63, 3.8) is 0 Å². The van der Waals surface area contributed by atoms with E-state index in [1.54, 1.807) is 36.4 Å². The van der Waals surface area contributed by atoms with Crippen LogP contribution in [0.4, 0.5) is 5.69 Å². The summed E-state index contributed by atoms with van der Waals surface area (Å²) in [4.78, 5) is 12.9. The van der Waals surface area contributed by atoms with Gasteiger partial charge in [-0.25, -0.2) is 8.42 Å². The monoisotopic (exact) mass is 416 g/mol. The fourth-order valence-corrected chi connectivity index (χ4v) is 5.28. The van der Waals surface area contributed by atoms with Crippen LogP contribution in [0.3, 0.4) is 0 Å². The number of methoxy groups -OCH3 is 1. The zero-order valence-electron chi connectivity index (χ0n) is 16.2. The lowest BCUT2D eigenvalue weighted by molar-refractivity contribution is -0.128. The average molecular weight is 416 g/mol. The molecule has 0 saturated heterocycles. The van der Waals surface area contributed by atoms with Gasteiger partial charge in [-0.05, 0) is 49.2 Å². The summed E-state index contributed by atoms with van der Waals surface area (Å²) < 4.78 is 39.0. The van der Waals surface area contributed by atoms with Crippen LogP contribution >= 0.6 is 0 Å². The first-order chi connectivity index (χ1) is 14.0. The van der Waals surface area contributed by atoms with Gasteiger partial charge in [0.15, 0.2) is 6.10 Å².